The van der Waals surface area contributed by atoms with E-state index in [0.29, 0.717) is 24.1 Å². The zero-order valence-electron chi connectivity index (χ0n) is 11.1. The first kappa shape index (κ1) is 13.9. The molecule has 0 aromatic heterocycles. The smallest absolute Gasteiger partial charge is 0.329 e. The first-order valence-corrected chi connectivity index (χ1v) is 6.31. The van der Waals surface area contributed by atoms with E-state index in [0.717, 1.165) is 12.0 Å². The topological polar surface area (TPSA) is 102 Å². The number of hydrogen-bond donors (Lipinski definition) is 3. The molecule has 6 nitrogen and oxygen atoms in total. The number of benzene rings is 1. The fourth-order valence-corrected chi connectivity index (χ4v) is 2.21. The van der Waals surface area contributed by atoms with Crippen molar-refractivity contribution in [2.45, 2.75) is 31.7 Å². The molecule has 0 unspecified atom stereocenters. The second-order valence-corrected chi connectivity index (χ2v) is 4.93. The number of aliphatic carboxylic acids is 1. The van der Waals surface area contributed by atoms with Crippen molar-refractivity contribution in [3.63, 3.8) is 0 Å². The maximum Gasteiger partial charge on any atom is 0.329 e. The molecule has 0 bridgehead atoms. The van der Waals surface area contributed by atoms with Crippen LogP contribution in [0, 0.1) is 18.3 Å². The minimum absolute atomic E-state index is 0.376. The number of amides is 2. The largest absolute Gasteiger partial charge is 0.480 e. The van der Waals surface area contributed by atoms with E-state index in [1.54, 1.807) is 25.1 Å². The van der Waals surface area contributed by atoms with Crippen LogP contribution in [0.25, 0.3) is 0 Å². The number of carboxylic acid groups (broad SMARTS) is 1. The van der Waals surface area contributed by atoms with Crippen molar-refractivity contribution in [2.75, 3.05) is 5.32 Å². The summed E-state index contributed by atoms with van der Waals surface area (Å²) in [5, 5.41) is 23.3. The van der Waals surface area contributed by atoms with Gasteiger partial charge in [-0.2, -0.15) is 5.26 Å². The van der Waals surface area contributed by atoms with Gasteiger partial charge in [-0.05, 0) is 37.8 Å². The van der Waals surface area contributed by atoms with Crippen LogP contribution in [-0.2, 0) is 4.79 Å². The Hall–Kier alpha value is -2.55. The summed E-state index contributed by atoms with van der Waals surface area (Å²) in [6.07, 6.45) is 1.63. The third kappa shape index (κ3) is 2.43. The predicted octanol–water partition coefficient (Wildman–Crippen LogP) is 2.00. The highest BCUT2D eigenvalue weighted by molar-refractivity contribution is 5.95. The van der Waals surface area contributed by atoms with Crippen LogP contribution in [-0.4, -0.2) is 22.6 Å². The van der Waals surface area contributed by atoms with Gasteiger partial charge in [0.15, 0.2) is 0 Å². The molecule has 104 valence electrons. The van der Waals surface area contributed by atoms with E-state index in [1.165, 1.54) is 0 Å². The van der Waals surface area contributed by atoms with E-state index >= 15 is 0 Å². The Morgan fingerprint density at radius 1 is 1.40 bits per heavy atom. The average molecular weight is 273 g/mol. The molecule has 2 amide bonds. The summed E-state index contributed by atoms with van der Waals surface area (Å²) < 4.78 is 0. The molecule has 6 heteroatoms. The molecule has 1 aromatic carbocycles. The SMILES string of the molecule is Cc1cccc(NC(=O)NC2(C(=O)O)CCC2)c1C#N. The average Bonchev–Trinajstić information content (AvgIpc) is 2.33. The molecule has 3 N–H and O–H groups in total. The number of hydrogen-bond acceptors (Lipinski definition) is 3. The third-order valence-electron chi connectivity index (χ3n) is 3.60. The van der Waals surface area contributed by atoms with Gasteiger partial charge in [0.05, 0.1) is 11.3 Å². The van der Waals surface area contributed by atoms with Crippen molar-refractivity contribution in [1.82, 2.24) is 5.32 Å². The quantitative estimate of drug-likeness (QED) is 0.783. The molecule has 0 heterocycles. The maximum absolute atomic E-state index is 11.9. The van der Waals surface area contributed by atoms with Crippen molar-refractivity contribution in [2.24, 2.45) is 0 Å². The molecule has 0 aliphatic heterocycles. The van der Waals surface area contributed by atoms with Gasteiger partial charge in [0.25, 0.3) is 0 Å². The molecular weight excluding hydrogens is 258 g/mol. The first-order chi connectivity index (χ1) is 9.48. The number of nitrogens with zero attached hydrogens (tertiary/aromatic N) is 1. The fourth-order valence-electron chi connectivity index (χ4n) is 2.21. The Morgan fingerprint density at radius 2 is 2.10 bits per heavy atom. The van der Waals surface area contributed by atoms with Crippen LogP contribution in [0.5, 0.6) is 0 Å². The van der Waals surface area contributed by atoms with Gasteiger partial charge in [-0.1, -0.05) is 12.1 Å². The van der Waals surface area contributed by atoms with Crippen LogP contribution in [0.4, 0.5) is 10.5 Å². The van der Waals surface area contributed by atoms with E-state index in [4.69, 9.17) is 10.4 Å². The third-order valence-corrected chi connectivity index (χ3v) is 3.60. The number of carboxylic acids is 1. The Morgan fingerprint density at radius 3 is 2.60 bits per heavy atom. The van der Waals surface area contributed by atoms with Gasteiger partial charge in [-0.3, -0.25) is 0 Å². The number of anilines is 1. The Balaban J connectivity index is 2.11. The summed E-state index contributed by atoms with van der Waals surface area (Å²) in [7, 11) is 0. The second-order valence-electron chi connectivity index (χ2n) is 4.93. The van der Waals surface area contributed by atoms with Gasteiger partial charge in [-0.15, -0.1) is 0 Å². The van der Waals surface area contributed by atoms with Gasteiger partial charge < -0.3 is 15.7 Å². The van der Waals surface area contributed by atoms with Crippen molar-refractivity contribution < 1.29 is 14.7 Å². The number of nitriles is 1. The summed E-state index contributed by atoms with van der Waals surface area (Å²) in [6.45, 7) is 1.77. The maximum atomic E-state index is 11.9. The first-order valence-electron chi connectivity index (χ1n) is 6.31. The monoisotopic (exact) mass is 273 g/mol. The summed E-state index contributed by atoms with van der Waals surface area (Å²) in [4.78, 5) is 23.1. The summed E-state index contributed by atoms with van der Waals surface area (Å²) >= 11 is 0. The van der Waals surface area contributed by atoms with Crippen molar-refractivity contribution >= 4 is 17.7 Å². The Kier molecular flexibility index (Phi) is 3.61. The lowest BCUT2D eigenvalue weighted by Gasteiger charge is -2.38. The minimum atomic E-state index is -1.17. The van der Waals surface area contributed by atoms with Crippen molar-refractivity contribution in [3.05, 3.63) is 29.3 Å². The van der Waals surface area contributed by atoms with Crippen molar-refractivity contribution in [1.29, 1.82) is 5.26 Å². The molecule has 0 spiro atoms. The van der Waals surface area contributed by atoms with Crippen molar-refractivity contribution in [3.8, 4) is 6.07 Å². The number of carbonyl (C=O) groups is 2. The standard InChI is InChI=1S/C14H15N3O3/c1-9-4-2-5-11(10(9)8-15)16-13(20)17-14(12(18)19)6-3-7-14/h2,4-5H,3,6-7H2,1H3,(H,18,19)(H2,16,17,20). The highest BCUT2D eigenvalue weighted by Crippen LogP contribution is 2.32. The van der Waals surface area contributed by atoms with Crippen LogP contribution in [0.15, 0.2) is 18.2 Å². The molecule has 1 fully saturated rings. The molecule has 0 atom stereocenters. The van der Waals surface area contributed by atoms with Gasteiger partial charge >= 0.3 is 12.0 Å². The van der Waals surface area contributed by atoms with E-state index in [-0.39, 0.29) is 0 Å². The number of urea groups is 1. The normalized spacial score (nSPS) is 15.6. The number of rotatable bonds is 3. The van der Waals surface area contributed by atoms with Crippen LogP contribution < -0.4 is 10.6 Å². The van der Waals surface area contributed by atoms with Gasteiger partial charge in [0, 0.05) is 0 Å². The van der Waals surface area contributed by atoms with Gasteiger partial charge in [-0.25, -0.2) is 9.59 Å². The molecule has 2 rings (SSSR count). The molecule has 1 aliphatic carbocycles. The number of carbonyl (C=O) groups excluding carboxylic acids is 1. The van der Waals surface area contributed by atoms with E-state index < -0.39 is 17.5 Å². The molecule has 0 saturated heterocycles. The van der Waals surface area contributed by atoms with Crippen LogP contribution in [0.1, 0.15) is 30.4 Å². The summed E-state index contributed by atoms with van der Waals surface area (Å²) in [5.74, 6) is -1.02. The predicted molar refractivity (Wildman–Crippen MR) is 72.3 cm³/mol. The van der Waals surface area contributed by atoms with Gasteiger partial charge in [0.1, 0.15) is 11.6 Å². The Labute approximate surface area is 116 Å². The van der Waals surface area contributed by atoms with Crippen LogP contribution in [0.3, 0.4) is 0 Å². The fraction of sp³-hybridized carbons (Fsp3) is 0.357. The molecule has 1 aliphatic rings. The van der Waals surface area contributed by atoms with Gasteiger partial charge in [0.2, 0.25) is 0 Å². The van der Waals surface area contributed by atoms with E-state index in [9.17, 15) is 9.59 Å². The molecule has 0 radical (unpaired) electrons. The lowest BCUT2D eigenvalue weighted by Crippen LogP contribution is -2.60. The highest BCUT2D eigenvalue weighted by Gasteiger charge is 2.45. The van der Waals surface area contributed by atoms with Crippen LogP contribution >= 0.6 is 0 Å². The summed E-state index contributed by atoms with van der Waals surface area (Å²) in [6, 6.07) is 6.53. The number of aryl methyl sites for hydroxylation is 1. The zero-order chi connectivity index (χ0) is 14.8. The minimum Gasteiger partial charge on any atom is -0.480 e. The summed E-state index contributed by atoms with van der Waals surface area (Å²) in [5.41, 5.74) is 0.341. The second kappa shape index (κ2) is 5.21. The molecule has 1 saturated carbocycles. The zero-order valence-corrected chi connectivity index (χ0v) is 11.1. The van der Waals surface area contributed by atoms with E-state index in [2.05, 4.69) is 10.6 Å². The molecule has 1 aromatic rings. The lowest BCUT2D eigenvalue weighted by atomic mass is 9.77. The Bertz CT molecular complexity index is 600. The number of nitrogens with one attached hydrogen (secondary N) is 2. The lowest BCUT2D eigenvalue weighted by molar-refractivity contribution is -0.148. The molecular formula is C14H15N3O3. The van der Waals surface area contributed by atoms with E-state index in [1.807, 2.05) is 6.07 Å². The highest BCUT2D eigenvalue weighted by atomic mass is 16.4. The van der Waals surface area contributed by atoms with Crippen LogP contribution in [0.2, 0.25) is 0 Å². The molecule has 20 heavy (non-hydrogen) atoms.